The van der Waals surface area contributed by atoms with Crippen LogP contribution in [0.15, 0.2) is 28.1 Å². The van der Waals surface area contributed by atoms with E-state index in [9.17, 15) is 9.90 Å². The second-order valence-corrected chi connectivity index (χ2v) is 6.67. The third-order valence-corrected chi connectivity index (χ3v) is 4.42. The highest BCUT2D eigenvalue weighted by molar-refractivity contribution is 8.18. The molecule has 1 N–H and O–H groups in total. The predicted molar refractivity (Wildman–Crippen MR) is 93.3 cm³/mol. The van der Waals surface area contributed by atoms with Gasteiger partial charge < -0.3 is 5.11 Å². The molecule has 22 heavy (non-hydrogen) atoms. The van der Waals surface area contributed by atoms with Gasteiger partial charge >= 0.3 is 0 Å². The van der Waals surface area contributed by atoms with E-state index in [2.05, 4.69) is 11.9 Å². The van der Waals surface area contributed by atoms with Gasteiger partial charge in [0.1, 0.15) is 5.75 Å². The van der Waals surface area contributed by atoms with E-state index in [0.29, 0.717) is 11.4 Å². The van der Waals surface area contributed by atoms with Crippen molar-refractivity contribution in [2.45, 2.75) is 33.2 Å². The zero-order chi connectivity index (χ0) is 16.3. The number of phenols is 1. The molecule has 0 bridgehead atoms. The predicted octanol–water partition coefficient (Wildman–Crippen LogP) is 4.14. The summed E-state index contributed by atoms with van der Waals surface area (Å²) >= 11 is 7.29. The Morgan fingerprint density at radius 2 is 2.18 bits per heavy atom. The molecule has 6 heteroatoms. The average molecular weight is 339 g/mol. The summed E-state index contributed by atoms with van der Waals surface area (Å²) in [4.78, 5) is 19.4. The number of carbonyl (C=O) groups excluding carboxylic acids is 1. The Labute approximate surface area is 139 Å². The van der Waals surface area contributed by atoms with E-state index < -0.39 is 0 Å². The van der Waals surface area contributed by atoms with E-state index in [1.165, 1.54) is 17.8 Å². The van der Waals surface area contributed by atoms with E-state index in [4.69, 9.17) is 11.6 Å². The molecule has 1 aliphatic heterocycles. The Kier molecular flexibility index (Phi) is 5.53. The number of aromatic hydroxyl groups is 1. The van der Waals surface area contributed by atoms with Crippen LogP contribution in [0.3, 0.4) is 0 Å². The van der Waals surface area contributed by atoms with Crippen LogP contribution in [0.25, 0.3) is 6.08 Å². The minimum Gasteiger partial charge on any atom is -0.506 e. The molecule has 0 radical (unpaired) electrons. The molecule has 1 aromatic rings. The monoisotopic (exact) mass is 338 g/mol. The van der Waals surface area contributed by atoms with Crippen molar-refractivity contribution in [3.05, 3.63) is 33.7 Å². The first-order chi connectivity index (χ1) is 10.4. The minimum absolute atomic E-state index is 0.0308. The van der Waals surface area contributed by atoms with Gasteiger partial charge in [0.2, 0.25) is 0 Å². The standard InChI is InChI=1S/C16H19ClN2O2S/c1-4-7-18-16-19(10(2)3)15(21)14(22-16)9-11-5-6-13(20)12(17)8-11/h5-6,8-10,20H,4,7H2,1-3H3/b14-9-,18-16?. The molecule has 0 spiro atoms. The first-order valence-corrected chi connectivity index (χ1v) is 8.39. The van der Waals surface area contributed by atoms with Crippen LogP contribution in [-0.4, -0.2) is 33.7 Å². The molecule has 1 aliphatic rings. The van der Waals surface area contributed by atoms with Gasteiger partial charge in [0.25, 0.3) is 5.91 Å². The summed E-state index contributed by atoms with van der Waals surface area (Å²) in [6.45, 7) is 6.71. The number of hydrogen-bond acceptors (Lipinski definition) is 4. The van der Waals surface area contributed by atoms with Crippen LogP contribution in [0.4, 0.5) is 0 Å². The number of amidine groups is 1. The number of amides is 1. The molecule has 2 rings (SSSR count). The van der Waals surface area contributed by atoms with Crippen LogP contribution >= 0.6 is 23.4 Å². The van der Waals surface area contributed by atoms with Crippen LogP contribution in [-0.2, 0) is 4.79 Å². The molecule has 0 aliphatic carbocycles. The lowest BCUT2D eigenvalue weighted by Gasteiger charge is -2.19. The minimum atomic E-state index is -0.0425. The number of thioether (sulfide) groups is 1. The summed E-state index contributed by atoms with van der Waals surface area (Å²) in [5, 5.41) is 10.5. The average Bonchev–Trinajstić information content (AvgIpc) is 2.77. The second kappa shape index (κ2) is 7.20. The molecule has 4 nitrogen and oxygen atoms in total. The molecular weight excluding hydrogens is 320 g/mol. The van der Waals surface area contributed by atoms with Gasteiger partial charge in [-0.25, -0.2) is 0 Å². The lowest BCUT2D eigenvalue weighted by Crippen LogP contribution is -2.35. The summed E-state index contributed by atoms with van der Waals surface area (Å²) in [5.41, 5.74) is 0.777. The molecule has 1 fully saturated rings. The fraction of sp³-hybridized carbons (Fsp3) is 0.375. The summed E-state index contributed by atoms with van der Waals surface area (Å²) in [5.74, 6) is -0.0118. The number of phenolic OH excluding ortho intramolecular Hbond substituents is 1. The third-order valence-electron chi connectivity index (χ3n) is 3.09. The van der Waals surface area contributed by atoms with Crippen molar-refractivity contribution in [2.24, 2.45) is 4.99 Å². The first-order valence-electron chi connectivity index (χ1n) is 7.20. The SMILES string of the molecule is CCCN=C1S/C(=C\c2ccc(O)c(Cl)c2)C(=O)N1C(C)C. The Hall–Kier alpha value is -1.46. The third kappa shape index (κ3) is 3.65. The summed E-state index contributed by atoms with van der Waals surface area (Å²) in [7, 11) is 0. The number of benzene rings is 1. The maximum absolute atomic E-state index is 12.6. The van der Waals surface area contributed by atoms with Crippen molar-refractivity contribution >= 4 is 40.5 Å². The Balaban J connectivity index is 2.33. The molecule has 1 aromatic carbocycles. The van der Waals surface area contributed by atoms with E-state index in [1.54, 1.807) is 23.1 Å². The van der Waals surface area contributed by atoms with Crippen molar-refractivity contribution in [3.8, 4) is 5.75 Å². The smallest absolute Gasteiger partial charge is 0.266 e. The topological polar surface area (TPSA) is 52.9 Å². The number of aliphatic imine (C=N–C) groups is 1. The molecular formula is C16H19ClN2O2S. The molecule has 0 aromatic heterocycles. The number of nitrogens with zero attached hydrogens (tertiary/aromatic N) is 2. The number of hydrogen-bond donors (Lipinski definition) is 1. The van der Waals surface area contributed by atoms with Gasteiger partial charge in [-0.2, -0.15) is 0 Å². The molecule has 0 saturated carbocycles. The second-order valence-electron chi connectivity index (χ2n) is 5.25. The maximum atomic E-state index is 12.6. The van der Waals surface area contributed by atoms with Gasteiger partial charge in [-0.3, -0.25) is 14.7 Å². The molecule has 1 amide bonds. The fourth-order valence-electron chi connectivity index (χ4n) is 2.02. The molecule has 118 valence electrons. The zero-order valence-corrected chi connectivity index (χ0v) is 14.4. The van der Waals surface area contributed by atoms with Crippen LogP contribution < -0.4 is 0 Å². The normalized spacial score (nSPS) is 19.0. The van der Waals surface area contributed by atoms with Crippen LogP contribution in [0, 0.1) is 0 Å². The first kappa shape index (κ1) is 16.9. The van der Waals surface area contributed by atoms with Crippen LogP contribution in [0.2, 0.25) is 5.02 Å². The largest absolute Gasteiger partial charge is 0.506 e. The summed E-state index contributed by atoms with van der Waals surface area (Å²) in [6.07, 6.45) is 2.72. The van der Waals surface area contributed by atoms with E-state index in [1.807, 2.05) is 13.8 Å². The highest BCUT2D eigenvalue weighted by Gasteiger charge is 2.34. The lowest BCUT2D eigenvalue weighted by molar-refractivity contribution is -0.123. The van der Waals surface area contributed by atoms with Crippen molar-refractivity contribution < 1.29 is 9.90 Å². The highest BCUT2D eigenvalue weighted by Crippen LogP contribution is 2.34. The quantitative estimate of drug-likeness (QED) is 0.839. The Bertz CT molecular complexity index is 641. The van der Waals surface area contributed by atoms with E-state index in [-0.39, 0.29) is 22.7 Å². The molecule has 1 saturated heterocycles. The van der Waals surface area contributed by atoms with Crippen molar-refractivity contribution in [3.63, 3.8) is 0 Å². The van der Waals surface area contributed by atoms with Crippen molar-refractivity contribution in [2.75, 3.05) is 6.54 Å². The maximum Gasteiger partial charge on any atom is 0.266 e. The van der Waals surface area contributed by atoms with Crippen LogP contribution in [0.1, 0.15) is 32.8 Å². The highest BCUT2D eigenvalue weighted by atomic mass is 35.5. The van der Waals surface area contributed by atoms with Gasteiger partial charge in [-0.1, -0.05) is 24.6 Å². The van der Waals surface area contributed by atoms with Gasteiger partial charge in [-0.15, -0.1) is 0 Å². The van der Waals surface area contributed by atoms with E-state index in [0.717, 1.165) is 17.2 Å². The van der Waals surface area contributed by atoms with Gasteiger partial charge in [-0.05, 0) is 55.8 Å². The van der Waals surface area contributed by atoms with Crippen molar-refractivity contribution in [1.29, 1.82) is 0 Å². The summed E-state index contributed by atoms with van der Waals surface area (Å²) < 4.78 is 0. The van der Waals surface area contributed by atoms with Gasteiger partial charge in [0, 0.05) is 12.6 Å². The summed E-state index contributed by atoms with van der Waals surface area (Å²) in [6, 6.07) is 4.94. The zero-order valence-electron chi connectivity index (χ0n) is 12.8. The Morgan fingerprint density at radius 3 is 2.77 bits per heavy atom. The number of halogens is 1. The van der Waals surface area contributed by atoms with Crippen molar-refractivity contribution in [1.82, 2.24) is 4.90 Å². The Morgan fingerprint density at radius 1 is 1.45 bits per heavy atom. The van der Waals surface area contributed by atoms with E-state index >= 15 is 0 Å². The van der Waals surface area contributed by atoms with Gasteiger partial charge in [0.15, 0.2) is 5.17 Å². The van der Waals surface area contributed by atoms with Gasteiger partial charge in [0.05, 0.1) is 9.93 Å². The molecule has 0 atom stereocenters. The number of rotatable bonds is 4. The molecule has 1 heterocycles. The lowest BCUT2D eigenvalue weighted by atomic mass is 10.2. The number of carbonyl (C=O) groups is 1. The fourth-order valence-corrected chi connectivity index (χ4v) is 3.34. The molecule has 0 unspecified atom stereocenters. The van der Waals surface area contributed by atoms with Crippen LogP contribution in [0.5, 0.6) is 5.75 Å².